The third-order valence-corrected chi connectivity index (χ3v) is 3.98. The fourth-order valence-electron chi connectivity index (χ4n) is 2.13. The van der Waals surface area contributed by atoms with Gasteiger partial charge in [-0.15, -0.1) is 0 Å². The third-order valence-electron chi connectivity index (χ3n) is 3.98. The Hall–Kier alpha value is -2.92. The number of nitrogens with one attached hydrogen (secondary N) is 1. The highest BCUT2D eigenvalue weighted by molar-refractivity contribution is 5.92. The van der Waals surface area contributed by atoms with E-state index in [9.17, 15) is 9.59 Å². The first kappa shape index (κ1) is 23.1. The van der Waals surface area contributed by atoms with Crippen molar-refractivity contribution in [1.82, 2.24) is 25.1 Å². The van der Waals surface area contributed by atoms with Crippen molar-refractivity contribution in [2.45, 2.75) is 32.7 Å². The number of likely N-dealkylation sites (N-methyl/N-ethyl adjacent to an activating group) is 2. The SMILES string of the molecule is Cc1ncc(C#CCCCNC(=O)[C@H](C)N(C)C(=O)/C=C/CN(C)C)c(N)n1. The van der Waals surface area contributed by atoms with Crippen LogP contribution in [0.2, 0.25) is 0 Å². The predicted molar refractivity (Wildman–Crippen MR) is 110 cm³/mol. The van der Waals surface area contributed by atoms with Gasteiger partial charge >= 0.3 is 0 Å². The summed E-state index contributed by atoms with van der Waals surface area (Å²) < 4.78 is 0. The van der Waals surface area contributed by atoms with Gasteiger partial charge in [0, 0.05) is 38.8 Å². The predicted octanol–water partition coefficient (Wildman–Crippen LogP) is 0.580. The maximum absolute atomic E-state index is 12.2. The Balaban J connectivity index is 2.36. The lowest BCUT2D eigenvalue weighted by Crippen LogP contribution is -2.45. The van der Waals surface area contributed by atoms with Crippen LogP contribution >= 0.6 is 0 Å². The molecule has 0 fully saturated rings. The summed E-state index contributed by atoms with van der Waals surface area (Å²) in [5.74, 6) is 6.52. The number of carbonyl (C=O) groups excluding carboxylic acids is 2. The number of hydrogen-bond acceptors (Lipinski definition) is 6. The normalized spacial score (nSPS) is 11.8. The Morgan fingerprint density at radius 2 is 2.07 bits per heavy atom. The molecule has 1 aromatic rings. The van der Waals surface area contributed by atoms with E-state index in [-0.39, 0.29) is 11.8 Å². The van der Waals surface area contributed by atoms with Gasteiger partial charge in [-0.25, -0.2) is 9.97 Å². The molecule has 28 heavy (non-hydrogen) atoms. The van der Waals surface area contributed by atoms with Gasteiger partial charge in [-0.1, -0.05) is 17.9 Å². The van der Waals surface area contributed by atoms with E-state index in [4.69, 9.17) is 5.73 Å². The number of aromatic nitrogens is 2. The molecule has 1 aromatic heterocycles. The smallest absolute Gasteiger partial charge is 0.246 e. The van der Waals surface area contributed by atoms with Gasteiger partial charge in [0.15, 0.2) is 0 Å². The molecule has 1 atom stereocenters. The lowest BCUT2D eigenvalue weighted by molar-refractivity contribution is -0.135. The first-order valence-electron chi connectivity index (χ1n) is 9.16. The van der Waals surface area contributed by atoms with E-state index in [1.54, 1.807) is 33.2 Å². The van der Waals surface area contributed by atoms with Crippen LogP contribution in [0.4, 0.5) is 5.82 Å². The second-order valence-corrected chi connectivity index (χ2v) is 6.70. The maximum Gasteiger partial charge on any atom is 0.246 e. The number of hydrogen-bond donors (Lipinski definition) is 2. The van der Waals surface area contributed by atoms with Gasteiger partial charge in [-0.3, -0.25) is 9.59 Å². The van der Waals surface area contributed by atoms with E-state index < -0.39 is 6.04 Å². The number of rotatable bonds is 8. The number of carbonyl (C=O) groups is 2. The van der Waals surface area contributed by atoms with Crippen LogP contribution in [0, 0.1) is 18.8 Å². The fourth-order valence-corrected chi connectivity index (χ4v) is 2.13. The van der Waals surface area contributed by atoms with Crippen molar-refractivity contribution in [3.63, 3.8) is 0 Å². The molecule has 0 aromatic carbocycles. The number of nitrogen functional groups attached to an aromatic ring is 1. The lowest BCUT2D eigenvalue weighted by Gasteiger charge is -2.23. The van der Waals surface area contributed by atoms with E-state index in [0.29, 0.717) is 43.1 Å². The standard InChI is InChI=1S/C20H30N6O2/c1-15(26(5)18(27)11-9-13-25(3)4)20(28)22-12-8-6-7-10-17-14-23-16(2)24-19(17)21/h9,11,14-15H,6,8,12-13H2,1-5H3,(H,22,28)(H2,21,23,24)/b11-9+/t15-/m0/s1. The van der Waals surface area contributed by atoms with E-state index in [1.165, 1.54) is 11.0 Å². The molecule has 2 amide bonds. The molecule has 0 aliphatic carbocycles. The van der Waals surface area contributed by atoms with Gasteiger partial charge in [0.1, 0.15) is 17.7 Å². The fraction of sp³-hybridized carbons (Fsp3) is 0.500. The van der Waals surface area contributed by atoms with Crippen LogP contribution < -0.4 is 11.1 Å². The maximum atomic E-state index is 12.2. The summed E-state index contributed by atoms with van der Waals surface area (Å²) in [5.41, 5.74) is 6.39. The molecule has 0 saturated heterocycles. The van der Waals surface area contributed by atoms with Crippen molar-refractivity contribution in [1.29, 1.82) is 0 Å². The number of unbranched alkanes of at least 4 members (excludes halogenated alkanes) is 1. The van der Waals surface area contributed by atoms with Gasteiger partial charge in [-0.05, 0) is 34.4 Å². The molecule has 152 valence electrons. The summed E-state index contributed by atoms with van der Waals surface area (Å²) in [7, 11) is 5.46. The zero-order valence-corrected chi connectivity index (χ0v) is 17.3. The minimum Gasteiger partial charge on any atom is -0.383 e. The molecule has 8 heteroatoms. The average molecular weight is 387 g/mol. The summed E-state index contributed by atoms with van der Waals surface area (Å²) in [4.78, 5) is 35.8. The Kier molecular flexibility index (Phi) is 9.68. The number of amides is 2. The summed E-state index contributed by atoms with van der Waals surface area (Å²) in [5, 5.41) is 2.83. The number of anilines is 1. The molecule has 0 unspecified atom stereocenters. The minimum absolute atomic E-state index is 0.194. The molecule has 1 heterocycles. The van der Waals surface area contributed by atoms with Crippen molar-refractivity contribution in [2.24, 2.45) is 0 Å². The first-order valence-corrected chi connectivity index (χ1v) is 9.16. The van der Waals surface area contributed by atoms with E-state index in [0.717, 1.165) is 0 Å². The van der Waals surface area contributed by atoms with Crippen molar-refractivity contribution in [3.05, 3.63) is 29.7 Å². The zero-order valence-electron chi connectivity index (χ0n) is 17.3. The summed E-state index contributed by atoms with van der Waals surface area (Å²) in [6.45, 7) is 4.62. The van der Waals surface area contributed by atoms with E-state index >= 15 is 0 Å². The topological polar surface area (TPSA) is 104 Å². The quantitative estimate of drug-likeness (QED) is 0.385. The Morgan fingerprint density at radius 1 is 1.36 bits per heavy atom. The summed E-state index contributed by atoms with van der Waals surface area (Å²) in [6.07, 6.45) is 6.16. The second kappa shape index (κ2) is 11.7. The largest absolute Gasteiger partial charge is 0.383 e. The Labute approximate surface area is 167 Å². The number of nitrogens with two attached hydrogens (primary N) is 1. The number of aryl methyl sites for hydroxylation is 1. The molecular formula is C20H30N6O2. The minimum atomic E-state index is -0.549. The van der Waals surface area contributed by atoms with Crippen molar-refractivity contribution in [3.8, 4) is 11.8 Å². The molecule has 1 rings (SSSR count). The molecule has 0 saturated carbocycles. The lowest BCUT2D eigenvalue weighted by atomic mass is 10.2. The van der Waals surface area contributed by atoms with Crippen LogP contribution in [-0.4, -0.2) is 71.9 Å². The molecule has 0 aliphatic rings. The molecule has 0 aliphatic heterocycles. The van der Waals surface area contributed by atoms with E-state index in [1.807, 2.05) is 19.0 Å². The van der Waals surface area contributed by atoms with Gasteiger partial charge in [-0.2, -0.15) is 0 Å². The van der Waals surface area contributed by atoms with Crippen LogP contribution in [-0.2, 0) is 9.59 Å². The van der Waals surface area contributed by atoms with Gasteiger partial charge in [0.05, 0.1) is 5.56 Å². The highest BCUT2D eigenvalue weighted by Gasteiger charge is 2.20. The Bertz CT molecular complexity index is 764. The van der Waals surface area contributed by atoms with E-state index in [2.05, 4.69) is 27.1 Å². The van der Waals surface area contributed by atoms with Crippen molar-refractivity contribution in [2.75, 3.05) is 40.0 Å². The van der Waals surface area contributed by atoms with Crippen LogP contribution in [0.5, 0.6) is 0 Å². The average Bonchev–Trinajstić information content (AvgIpc) is 2.64. The first-order chi connectivity index (χ1) is 13.2. The van der Waals surface area contributed by atoms with Crippen molar-refractivity contribution < 1.29 is 9.59 Å². The second-order valence-electron chi connectivity index (χ2n) is 6.70. The molecule has 3 N–H and O–H groups in total. The zero-order chi connectivity index (χ0) is 21.1. The monoisotopic (exact) mass is 386 g/mol. The highest BCUT2D eigenvalue weighted by atomic mass is 16.2. The molecular weight excluding hydrogens is 356 g/mol. The van der Waals surface area contributed by atoms with Crippen LogP contribution in [0.25, 0.3) is 0 Å². The molecule has 0 bridgehead atoms. The van der Waals surface area contributed by atoms with Crippen LogP contribution in [0.1, 0.15) is 31.2 Å². The molecule has 0 radical (unpaired) electrons. The van der Waals surface area contributed by atoms with Crippen molar-refractivity contribution >= 4 is 17.6 Å². The Morgan fingerprint density at radius 3 is 2.71 bits per heavy atom. The van der Waals surface area contributed by atoms with Gasteiger partial charge in [0.25, 0.3) is 0 Å². The highest BCUT2D eigenvalue weighted by Crippen LogP contribution is 2.05. The van der Waals surface area contributed by atoms with Crippen LogP contribution in [0.3, 0.4) is 0 Å². The van der Waals surface area contributed by atoms with Crippen LogP contribution in [0.15, 0.2) is 18.3 Å². The molecule has 8 nitrogen and oxygen atoms in total. The molecule has 0 spiro atoms. The number of nitrogens with zero attached hydrogens (tertiary/aromatic N) is 4. The van der Waals surface area contributed by atoms with Gasteiger partial charge < -0.3 is 20.9 Å². The van der Waals surface area contributed by atoms with Gasteiger partial charge in [0.2, 0.25) is 11.8 Å². The third kappa shape index (κ3) is 8.18. The summed E-state index contributed by atoms with van der Waals surface area (Å²) >= 11 is 0. The summed E-state index contributed by atoms with van der Waals surface area (Å²) in [6, 6.07) is -0.549.